The highest BCUT2D eigenvalue weighted by atomic mass is 32.1. The van der Waals surface area contributed by atoms with Crippen LogP contribution in [0.4, 0.5) is 5.69 Å². The quantitative estimate of drug-likeness (QED) is 0.591. The second kappa shape index (κ2) is 11.0. The number of thiocarbonyl (C=S) groups is 1. The minimum Gasteiger partial charge on any atom is -0.494 e. The Kier molecular flexibility index (Phi) is 8.14. The molecular formula is C23H30N2O3S. The van der Waals surface area contributed by atoms with Crippen LogP contribution in [0.1, 0.15) is 32.3 Å². The highest BCUT2D eigenvalue weighted by Gasteiger charge is 2.22. The summed E-state index contributed by atoms with van der Waals surface area (Å²) >= 11 is 5.81. The monoisotopic (exact) mass is 414 g/mol. The number of rotatable bonds is 9. The lowest BCUT2D eigenvalue weighted by Gasteiger charge is -2.29. The Morgan fingerprint density at radius 1 is 1.07 bits per heavy atom. The molecule has 1 N–H and O–H groups in total. The SMILES string of the molecule is CCOc1ccccc1CN(CC1CCCO1)C(=S)Nc1ccccc1OCC. The zero-order valence-corrected chi connectivity index (χ0v) is 18.0. The molecule has 3 rings (SSSR count). The second-order valence-corrected chi connectivity index (χ2v) is 7.30. The third-order valence-electron chi connectivity index (χ3n) is 4.80. The fraction of sp³-hybridized carbons (Fsp3) is 0.435. The van der Waals surface area contributed by atoms with Gasteiger partial charge in [0.05, 0.1) is 25.0 Å². The normalized spacial score (nSPS) is 15.7. The molecule has 1 unspecified atom stereocenters. The van der Waals surface area contributed by atoms with Crippen LogP contribution in [-0.4, -0.2) is 42.5 Å². The van der Waals surface area contributed by atoms with Gasteiger partial charge < -0.3 is 24.4 Å². The molecule has 1 aliphatic heterocycles. The third-order valence-corrected chi connectivity index (χ3v) is 5.16. The summed E-state index contributed by atoms with van der Waals surface area (Å²) in [5.41, 5.74) is 1.98. The van der Waals surface area contributed by atoms with Gasteiger partial charge in [-0.2, -0.15) is 0 Å². The Morgan fingerprint density at radius 3 is 2.48 bits per heavy atom. The largest absolute Gasteiger partial charge is 0.494 e. The molecule has 2 aromatic carbocycles. The summed E-state index contributed by atoms with van der Waals surface area (Å²) in [6.07, 6.45) is 2.35. The van der Waals surface area contributed by atoms with Crippen molar-refractivity contribution < 1.29 is 14.2 Å². The maximum atomic E-state index is 5.88. The van der Waals surface area contributed by atoms with Crippen LogP contribution < -0.4 is 14.8 Å². The van der Waals surface area contributed by atoms with Crippen LogP contribution in [-0.2, 0) is 11.3 Å². The lowest BCUT2D eigenvalue weighted by molar-refractivity contribution is 0.0903. The molecule has 1 fully saturated rings. The molecule has 0 saturated carbocycles. The highest BCUT2D eigenvalue weighted by molar-refractivity contribution is 7.80. The Labute approximate surface area is 179 Å². The average molecular weight is 415 g/mol. The summed E-state index contributed by atoms with van der Waals surface area (Å²) in [5.74, 6) is 1.69. The zero-order chi connectivity index (χ0) is 20.5. The third kappa shape index (κ3) is 6.08. The van der Waals surface area contributed by atoms with Crippen molar-refractivity contribution in [2.24, 2.45) is 0 Å². The molecule has 156 valence electrons. The van der Waals surface area contributed by atoms with Gasteiger partial charge in [0.15, 0.2) is 5.11 Å². The molecular weight excluding hydrogens is 384 g/mol. The van der Waals surface area contributed by atoms with E-state index in [4.69, 9.17) is 26.4 Å². The molecule has 1 aliphatic rings. The summed E-state index contributed by atoms with van der Waals surface area (Å²) < 4.78 is 17.4. The second-order valence-electron chi connectivity index (χ2n) is 6.92. The van der Waals surface area contributed by atoms with Gasteiger partial charge in [-0.1, -0.05) is 30.3 Å². The molecule has 0 amide bonds. The van der Waals surface area contributed by atoms with Crippen molar-refractivity contribution in [2.75, 3.05) is 31.7 Å². The number of anilines is 1. The Morgan fingerprint density at radius 2 is 1.76 bits per heavy atom. The van der Waals surface area contributed by atoms with Crippen molar-refractivity contribution >= 4 is 23.0 Å². The predicted octanol–water partition coefficient (Wildman–Crippen LogP) is 4.86. The van der Waals surface area contributed by atoms with Gasteiger partial charge in [0, 0.05) is 25.3 Å². The summed E-state index contributed by atoms with van der Waals surface area (Å²) in [4.78, 5) is 2.16. The molecule has 1 atom stereocenters. The van der Waals surface area contributed by atoms with Crippen LogP contribution in [0.3, 0.4) is 0 Å². The van der Waals surface area contributed by atoms with Crippen molar-refractivity contribution in [1.29, 1.82) is 0 Å². The van der Waals surface area contributed by atoms with Crippen molar-refractivity contribution in [2.45, 2.75) is 39.3 Å². The molecule has 1 saturated heterocycles. The maximum Gasteiger partial charge on any atom is 0.173 e. The fourth-order valence-electron chi connectivity index (χ4n) is 3.44. The molecule has 0 radical (unpaired) electrons. The van der Waals surface area contributed by atoms with Gasteiger partial charge in [-0.3, -0.25) is 0 Å². The van der Waals surface area contributed by atoms with Crippen LogP contribution in [0, 0.1) is 0 Å². The number of benzene rings is 2. The van der Waals surface area contributed by atoms with Gasteiger partial charge in [-0.25, -0.2) is 0 Å². The molecule has 0 aliphatic carbocycles. The van der Waals surface area contributed by atoms with E-state index in [1.807, 2.05) is 56.3 Å². The number of nitrogens with zero attached hydrogens (tertiary/aromatic N) is 1. The van der Waals surface area contributed by atoms with E-state index in [9.17, 15) is 0 Å². The van der Waals surface area contributed by atoms with E-state index < -0.39 is 0 Å². The average Bonchev–Trinajstić information content (AvgIpc) is 3.24. The molecule has 0 spiro atoms. The number of ether oxygens (including phenoxy) is 3. The summed E-state index contributed by atoms with van der Waals surface area (Å²) in [5, 5.41) is 4.03. The summed E-state index contributed by atoms with van der Waals surface area (Å²) in [7, 11) is 0. The Bertz CT molecular complexity index is 793. The van der Waals surface area contributed by atoms with E-state index in [1.54, 1.807) is 0 Å². The van der Waals surface area contributed by atoms with Crippen molar-refractivity contribution in [3.8, 4) is 11.5 Å². The van der Waals surface area contributed by atoms with Gasteiger partial charge in [0.25, 0.3) is 0 Å². The maximum absolute atomic E-state index is 5.88. The van der Waals surface area contributed by atoms with Crippen molar-refractivity contribution in [3.05, 3.63) is 54.1 Å². The first-order valence-corrected chi connectivity index (χ1v) is 10.7. The number of para-hydroxylation sites is 3. The summed E-state index contributed by atoms with van der Waals surface area (Å²) in [6.45, 7) is 7.42. The van der Waals surface area contributed by atoms with Gasteiger partial charge in [0.2, 0.25) is 0 Å². The first-order chi connectivity index (χ1) is 14.2. The number of nitrogens with one attached hydrogen (secondary N) is 1. The topological polar surface area (TPSA) is 43.0 Å². The zero-order valence-electron chi connectivity index (χ0n) is 17.2. The standard InChI is InChI=1S/C23H30N2O3S/c1-3-26-21-13-7-5-10-18(21)16-25(17-19-11-9-15-28-19)23(29)24-20-12-6-8-14-22(20)27-4-2/h5-8,10,12-14,19H,3-4,9,11,15-17H2,1-2H3,(H,24,29). The van der Waals surface area contributed by atoms with E-state index >= 15 is 0 Å². The van der Waals surface area contributed by atoms with Gasteiger partial charge in [-0.15, -0.1) is 0 Å². The fourth-order valence-corrected chi connectivity index (χ4v) is 3.68. The van der Waals surface area contributed by atoms with E-state index in [2.05, 4.69) is 16.3 Å². The Balaban J connectivity index is 1.79. The van der Waals surface area contributed by atoms with Crippen LogP contribution in [0.25, 0.3) is 0 Å². The minimum atomic E-state index is 0.191. The predicted molar refractivity (Wildman–Crippen MR) is 121 cm³/mol. The lowest BCUT2D eigenvalue weighted by Crippen LogP contribution is -2.39. The molecule has 5 nitrogen and oxygen atoms in total. The number of hydrogen-bond donors (Lipinski definition) is 1. The molecule has 0 aromatic heterocycles. The molecule has 1 heterocycles. The van der Waals surface area contributed by atoms with E-state index in [-0.39, 0.29) is 6.10 Å². The molecule has 6 heteroatoms. The first kappa shape index (κ1) is 21.4. The van der Waals surface area contributed by atoms with E-state index in [0.29, 0.717) is 24.9 Å². The Hall–Kier alpha value is -2.31. The first-order valence-electron chi connectivity index (χ1n) is 10.3. The summed E-state index contributed by atoms with van der Waals surface area (Å²) in [6, 6.07) is 16.0. The van der Waals surface area contributed by atoms with Crippen LogP contribution in [0.2, 0.25) is 0 Å². The van der Waals surface area contributed by atoms with E-state index in [1.165, 1.54) is 0 Å². The van der Waals surface area contributed by atoms with Crippen LogP contribution in [0.5, 0.6) is 11.5 Å². The molecule has 2 aromatic rings. The number of hydrogen-bond acceptors (Lipinski definition) is 4. The van der Waals surface area contributed by atoms with Gasteiger partial charge >= 0.3 is 0 Å². The van der Waals surface area contributed by atoms with Crippen molar-refractivity contribution in [3.63, 3.8) is 0 Å². The minimum absolute atomic E-state index is 0.191. The van der Waals surface area contributed by atoms with Crippen LogP contribution in [0.15, 0.2) is 48.5 Å². The smallest absolute Gasteiger partial charge is 0.173 e. The van der Waals surface area contributed by atoms with Crippen molar-refractivity contribution in [1.82, 2.24) is 4.90 Å². The molecule has 29 heavy (non-hydrogen) atoms. The lowest BCUT2D eigenvalue weighted by atomic mass is 10.1. The molecule has 0 bridgehead atoms. The van der Waals surface area contributed by atoms with Crippen LogP contribution >= 0.6 is 12.2 Å². The van der Waals surface area contributed by atoms with Gasteiger partial charge in [0.1, 0.15) is 11.5 Å². The van der Waals surface area contributed by atoms with Gasteiger partial charge in [-0.05, 0) is 57.1 Å². The highest BCUT2D eigenvalue weighted by Crippen LogP contribution is 2.26. The van der Waals surface area contributed by atoms with E-state index in [0.717, 1.165) is 48.7 Å².